The number of hydrogen-bond acceptors (Lipinski definition) is 2. The number of nitrogens with one attached hydrogen (secondary N) is 1. The fraction of sp³-hybridized carbons (Fsp3) is 0.643. The Kier molecular flexibility index (Phi) is 5.86. The van der Waals surface area contributed by atoms with E-state index in [9.17, 15) is 4.39 Å². The summed E-state index contributed by atoms with van der Waals surface area (Å²) in [5, 5.41) is 3.38. The molecule has 1 aromatic rings. The van der Waals surface area contributed by atoms with Crippen LogP contribution in [-0.4, -0.2) is 11.5 Å². The van der Waals surface area contributed by atoms with Gasteiger partial charge in [0.25, 0.3) is 0 Å². The molecule has 18 heavy (non-hydrogen) atoms. The molecule has 0 bridgehead atoms. The molecule has 102 valence electrons. The molecule has 0 aromatic carbocycles. The van der Waals surface area contributed by atoms with Crippen LogP contribution in [-0.2, 0) is 0 Å². The Hall–Kier alpha value is -0.830. The minimum Gasteiger partial charge on any atom is -0.367 e. The zero-order valence-electron chi connectivity index (χ0n) is 11.4. The van der Waals surface area contributed by atoms with Crippen LogP contribution in [0.2, 0.25) is 5.02 Å². The maximum atomic E-state index is 13.5. The van der Waals surface area contributed by atoms with E-state index < -0.39 is 5.82 Å². The van der Waals surface area contributed by atoms with Crippen LogP contribution in [0.4, 0.5) is 10.2 Å². The van der Waals surface area contributed by atoms with E-state index in [4.69, 9.17) is 11.6 Å². The van der Waals surface area contributed by atoms with Crippen molar-refractivity contribution in [2.75, 3.05) is 11.9 Å². The molecule has 1 heterocycles. The van der Waals surface area contributed by atoms with E-state index in [0.29, 0.717) is 11.6 Å². The van der Waals surface area contributed by atoms with Crippen LogP contribution >= 0.6 is 11.6 Å². The second kappa shape index (κ2) is 6.93. The number of nitrogens with zero attached hydrogens (tertiary/aromatic N) is 1. The monoisotopic (exact) mass is 272 g/mol. The fourth-order valence-electron chi connectivity index (χ4n) is 1.81. The average molecular weight is 273 g/mol. The molecule has 0 aliphatic carbocycles. The third-order valence-corrected chi connectivity index (χ3v) is 3.21. The zero-order chi connectivity index (χ0) is 13.6. The highest BCUT2D eigenvalue weighted by molar-refractivity contribution is 6.30. The Labute approximate surface area is 114 Å². The normalized spacial score (nSPS) is 11.6. The molecule has 0 aliphatic heterocycles. The molecule has 4 heteroatoms. The highest BCUT2D eigenvalue weighted by atomic mass is 35.5. The molecule has 0 radical (unpaired) electrons. The summed E-state index contributed by atoms with van der Waals surface area (Å²) in [5.41, 5.74) is 0.142. The molecule has 0 saturated heterocycles. The van der Waals surface area contributed by atoms with Gasteiger partial charge in [0, 0.05) is 12.7 Å². The van der Waals surface area contributed by atoms with E-state index in [-0.39, 0.29) is 11.2 Å². The Morgan fingerprint density at radius 1 is 1.39 bits per heavy atom. The molecule has 2 nitrogen and oxygen atoms in total. The second-order valence-electron chi connectivity index (χ2n) is 5.46. The van der Waals surface area contributed by atoms with Crippen LogP contribution in [0.5, 0.6) is 0 Å². The SMILES string of the molecule is CCCCCC(C)(C)CNc1ncc(Cl)cc1F. The van der Waals surface area contributed by atoms with Crippen molar-refractivity contribution in [3.05, 3.63) is 23.1 Å². The molecular formula is C14H22ClFN2. The molecule has 0 unspecified atom stereocenters. The Morgan fingerprint density at radius 2 is 2.11 bits per heavy atom. The maximum absolute atomic E-state index is 13.5. The standard InChI is InChI=1S/C14H22ClFN2/c1-4-5-6-7-14(2,3)10-18-13-12(16)8-11(15)9-17-13/h8-9H,4-7,10H2,1-3H3,(H,17,18). The van der Waals surface area contributed by atoms with Crippen LogP contribution in [0.3, 0.4) is 0 Å². The predicted octanol–water partition coefficient (Wildman–Crippen LogP) is 4.89. The summed E-state index contributed by atoms with van der Waals surface area (Å²) in [4.78, 5) is 3.96. The molecule has 1 rings (SSSR count). The van der Waals surface area contributed by atoms with Crippen molar-refractivity contribution in [3.8, 4) is 0 Å². The van der Waals surface area contributed by atoms with Crippen LogP contribution < -0.4 is 5.32 Å². The maximum Gasteiger partial charge on any atom is 0.166 e. The first kappa shape index (κ1) is 15.2. The van der Waals surface area contributed by atoms with Crippen molar-refractivity contribution in [2.24, 2.45) is 5.41 Å². The van der Waals surface area contributed by atoms with Crippen LogP contribution in [0, 0.1) is 11.2 Å². The van der Waals surface area contributed by atoms with E-state index in [1.54, 1.807) is 0 Å². The van der Waals surface area contributed by atoms with Crippen molar-refractivity contribution in [1.82, 2.24) is 4.98 Å². The molecule has 1 aromatic heterocycles. The number of pyridine rings is 1. The molecular weight excluding hydrogens is 251 g/mol. The highest BCUT2D eigenvalue weighted by Crippen LogP contribution is 2.25. The largest absolute Gasteiger partial charge is 0.367 e. The van der Waals surface area contributed by atoms with Gasteiger partial charge >= 0.3 is 0 Å². The van der Waals surface area contributed by atoms with Gasteiger partial charge in [-0.15, -0.1) is 0 Å². The van der Waals surface area contributed by atoms with Gasteiger partial charge in [-0.3, -0.25) is 0 Å². The number of halogens is 2. The van der Waals surface area contributed by atoms with Gasteiger partial charge in [0.2, 0.25) is 0 Å². The number of hydrogen-bond donors (Lipinski definition) is 1. The van der Waals surface area contributed by atoms with E-state index in [1.807, 2.05) is 0 Å². The lowest BCUT2D eigenvalue weighted by Gasteiger charge is -2.25. The molecule has 0 fully saturated rings. The Morgan fingerprint density at radius 3 is 2.72 bits per heavy atom. The van der Waals surface area contributed by atoms with Crippen molar-refractivity contribution in [2.45, 2.75) is 46.5 Å². The molecule has 0 saturated carbocycles. The second-order valence-corrected chi connectivity index (χ2v) is 5.90. The number of aromatic nitrogens is 1. The van der Waals surface area contributed by atoms with Crippen molar-refractivity contribution in [3.63, 3.8) is 0 Å². The first-order valence-electron chi connectivity index (χ1n) is 6.49. The van der Waals surface area contributed by atoms with Crippen molar-refractivity contribution in [1.29, 1.82) is 0 Å². The van der Waals surface area contributed by atoms with Gasteiger partial charge in [0.1, 0.15) is 0 Å². The van der Waals surface area contributed by atoms with Gasteiger partial charge in [0.05, 0.1) is 5.02 Å². The van der Waals surface area contributed by atoms with Gasteiger partial charge < -0.3 is 5.32 Å². The smallest absolute Gasteiger partial charge is 0.166 e. The Balaban J connectivity index is 2.48. The lowest BCUT2D eigenvalue weighted by atomic mass is 9.87. The minimum atomic E-state index is -0.396. The van der Waals surface area contributed by atoms with Crippen LogP contribution in [0.15, 0.2) is 12.3 Å². The van der Waals surface area contributed by atoms with E-state index >= 15 is 0 Å². The van der Waals surface area contributed by atoms with E-state index in [1.165, 1.54) is 31.5 Å². The fourth-order valence-corrected chi connectivity index (χ4v) is 1.95. The quantitative estimate of drug-likeness (QED) is 0.715. The molecule has 0 amide bonds. The summed E-state index contributed by atoms with van der Waals surface area (Å²) in [6, 6.07) is 1.28. The third-order valence-electron chi connectivity index (χ3n) is 3.00. The van der Waals surface area contributed by atoms with Crippen molar-refractivity contribution < 1.29 is 4.39 Å². The molecule has 1 N–H and O–H groups in total. The van der Waals surface area contributed by atoms with Gasteiger partial charge in [-0.25, -0.2) is 9.37 Å². The summed E-state index contributed by atoms with van der Waals surface area (Å²) in [6.45, 7) is 7.27. The topological polar surface area (TPSA) is 24.9 Å². The average Bonchev–Trinajstić information content (AvgIpc) is 2.28. The minimum absolute atomic E-state index is 0.142. The lowest BCUT2D eigenvalue weighted by molar-refractivity contribution is 0.341. The summed E-state index contributed by atoms with van der Waals surface area (Å²) in [5.74, 6) is -0.116. The van der Waals surface area contributed by atoms with Gasteiger partial charge in [-0.1, -0.05) is 51.6 Å². The predicted molar refractivity (Wildman–Crippen MR) is 75.6 cm³/mol. The summed E-state index contributed by atoms with van der Waals surface area (Å²) in [6.07, 6.45) is 6.26. The van der Waals surface area contributed by atoms with Gasteiger partial charge in [-0.05, 0) is 17.9 Å². The van der Waals surface area contributed by atoms with E-state index in [0.717, 1.165) is 6.42 Å². The van der Waals surface area contributed by atoms with Crippen LogP contribution in [0.25, 0.3) is 0 Å². The first-order valence-corrected chi connectivity index (χ1v) is 6.87. The number of rotatable bonds is 7. The summed E-state index contributed by atoms with van der Waals surface area (Å²) < 4.78 is 13.5. The molecule has 0 atom stereocenters. The van der Waals surface area contributed by atoms with E-state index in [2.05, 4.69) is 31.1 Å². The lowest BCUT2D eigenvalue weighted by Crippen LogP contribution is -2.23. The molecule has 0 spiro atoms. The van der Waals surface area contributed by atoms with Gasteiger partial charge in [0.15, 0.2) is 11.6 Å². The summed E-state index contributed by atoms with van der Waals surface area (Å²) in [7, 11) is 0. The van der Waals surface area contributed by atoms with Crippen LogP contribution in [0.1, 0.15) is 46.5 Å². The van der Waals surface area contributed by atoms with Gasteiger partial charge in [-0.2, -0.15) is 0 Å². The first-order chi connectivity index (χ1) is 8.44. The molecule has 0 aliphatic rings. The third kappa shape index (κ3) is 5.21. The number of anilines is 1. The summed E-state index contributed by atoms with van der Waals surface area (Å²) >= 11 is 5.66. The zero-order valence-corrected chi connectivity index (χ0v) is 12.1. The Bertz CT molecular complexity index is 380. The highest BCUT2D eigenvalue weighted by Gasteiger charge is 2.18. The number of unbranched alkanes of at least 4 members (excludes halogenated alkanes) is 2. The van der Waals surface area contributed by atoms with Crippen molar-refractivity contribution >= 4 is 17.4 Å².